The average molecular weight is 513 g/mol. The van der Waals surface area contributed by atoms with Crippen LogP contribution < -0.4 is 10.1 Å². The van der Waals surface area contributed by atoms with E-state index in [1.54, 1.807) is 7.11 Å². The van der Waals surface area contributed by atoms with Gasteiger partial charge in [-0.25, -0.2) is 0 Å². The third-order valence-corrected chi connectivity index (χ3v) is 4.84. The molecule has 0 spiro atoms. The predicted molar refractivity (Wildman–Crippen MR) is 126 cm³/mol. The first-order valence-electron chi connectivity index (χ1n) is 9.96. The normalized spacial score (nSPS) is 17.0. The molecule has 7 nitrogen and oxygen atoms in total. The second-order valence-electron chi connectivity index (χ2n) is 6.94. The van der Waals surface area contributed by atoms with E-state index < -0.39 is 0 Å². The highest BCUT2D eigenvalue weighted by molar-refractivity contribution is 14.0. The van der Waals surface area contributed by atoms with Gasteiger partial charge in [0.1, 0.15) is 11.9 Å². The number of guanidine groups is 1. The van der Waals surface area contributed by atoms with E-state index in [0.717, 1.165) is 56.3 Å². The van der Waals surface area contributed by atoms with Crippen molar-refractivity contribution in [3.63, 3.8) is 0 Å². The van der Waals surface area contributed by atoms with Crippen molar-refractivity contribution < 1.29 is 9.47 Å². The number of rotatable bonds is 7. The molecular weight excluding hydrogens is 481 g/mol. The van der Waals surface area contributed by atoms with Gasteiger partial charge < -0.3 is 19.7 Å². The van der Waals surface area contributed by atoms with Crippen molar-refractivity contribution in [2.45, 2.75) is 25.9 Å². The highest BCUT2D eigenvalue weighted by Gasteiger charge is 2.25. The Kier molecular flexibility index (Phi) is 9.72. The van der Waals surface area contributed by atoms with Crippen LogP contribution in [-0.2, 0) is 18.2 Å². The van der Waals surface area contributed by atoms with E-state index in [9.17, 15) is 0 Å². The summed E-state index contributed by atoms with van der Waals surface area (Å²) in [5.74, 6) is 1.86. The molecule has 3 rings (SSSR count). The quantitative estimate of drug-likeness (QED) is 0.267. The molecule has 1 atom stereocenters. The highest BCUT2D eigenvalue weighted by Crippen LogP contribution is 2.21. The van der Waals surface area contributed by atoms with E-state index in [0.29, 0.717) is 6.61 Å². The van der Waals surface area contributed by atoms with Gasteiger partial charge in [0.15, 0.2) is 5.96 Å². The third kappa shape index (κ3) is 6.88. The first kappa shape index (κ1) is 23.5. The lowest BCUT2D eigenvalue weighted by Crippen LogP contribution is -2.48. The zero-order valence-corrected chi connectivity index (χ0v) is 19.8. The number of ether oxygens (including phenoxy) is 2. The van der Waals surface area contributed by atoms with Crippen LogP contribution in [0.15, 0.2) is 41.7 Å². The van der Waals surface area contributed by atoms with Gasteiger partial charge in [0.2, 0.25) is 0 Å². The van der Waals surface area contributed by atoms with Gasteiger partial charge in [-0.05, 0) is 37.5 Å². The predicted octanol–water partition coefficient (Wildman–Crippen LogP) is 3.02. The summed E-state index contributed by atoms with van der Waals surface area (Å²) in [6.07, 6.45) is 5.96. The number of halogens is 1. The molecule has 0 aliphatic carbocycles. The molecule has 1 fully saturated rings. The van der Waals surface area contributed by atoms with Crippen LogP contribution in [0.2, 0.25) is 0 Å². The summed E-state index contributed by atoms with van der Waals surface area (Å²) in [6, 6.07) is 8.26. The summed E-state index contributed by atoms with van der Waals surface area (Å²) in [5, 5.41) is 7.69. The fourth-order valence-corrected chi connectivity index (χ4v) is 3.34. The summed E-state index contributed by atoms with van der Waals surface area (Å²) in [6.45, 7) is 6.08. The number of aryl methyl sites for hydroxylation is 2. The fraction of sp³-hybridized carbons (Fsp3) is 0.524. The molecule has 1 aliphatic rings. The number of hydrogen-bond acceptors (Lipinski definition) is 4. The van der Waals surface area contributed by atoms with E-state index in [1.807, 2.05) is 36.3 Å². The Bertz CT molecular complexity index is 763. The van der Waals surface area contributed by atoms with Gasteiger partial charge in [0.05, 0.1) is 26.5 Å². The summed E-state index contributed by atoms with van der Waals surface area (Å²) in [5.41, 5.74) is 2.42. The van der Waals surface area contributed by atoms with Crippen molar-refractivity contribution in [3.05, 3.63) is 47.8 Å². The molecule has 1 aromatic heterocycles. The summed E-state index contributed by atoms with van der Waals surface area (Å²) in [4.78, 5) is 7.14. The van der Waals surface area contributed by atoms with E-state index in [4.69, 9.17) is 14.5 Å². The van der Waals surface area contributed by atoms with Gasteiger partial charge in [-0.15, -0.1) is 24.0 Å². The summed E-state index contributed by atoms with van der Waals surface area (Å²) < 4.78 is 13.0. The molecule has 1 aromatic carbocycles. The monoisotopic (exact) mass is 513 g/mol. The van der Waals surface area contributed by atoms with Crippen LogP contribution in [0.4, 0.5) is 0 Å². The number of aromatic nitrogens is 2. The Labute approximate surface area is 190 Å². The molecular formula is C21H32IN5O2. The second kappa shape index (κ2) is 12.0. The maximum atomic E-state index is 5.95. The molecule has 8 heteroatoms. The van der Waals surface area contributed by atoms with Crippen LogP contribution in [0.25, 0.3) is 0 Å². The topological polar surface area (TPSA) is 63.9 Å². The lowest BCUT2D eigenvalue weighted by atomic mass is 10.1. The number of aliphatic imine (C=N–C) groups is 1. The van der Waals surface area contributed by atoms with Crippen molar-refractivity contribution in [1.82, 2.24) is 20.0 Å². The number of methoxy groups -OCH3 is 1. The largest absolute Gasteiger partial charge is 0.497 e. The lowest BCUT2D eigenvalue weighted by Gasteiger charge is -2.34. The van der Waals surface area contributed by atoms with E-state index in [2.05, 4.69) is 34.4 Å². The molecule has 2 heterocycles. The van der Waals surface area contributed by atoms with Crippen molar-refractivity contribution in [2.75, 3.05) is 39.9 Å². The average Bonchev–Trinajstić information content (AvgIpc) is 3.17. The third-order valence-electron chi connectivity index (χ3n) is 4.84. The standard InChI is InChI=1S/C21H31N5O2.HI/c1-4-22-21(23-11-5-6-17-7-9-19(27-3)10-8-17)26-12-13-28-20(16-26)18-14-24-25(2)15-18;/h7-10,14-15,20H,4-6,11-13,16H2,1-3H3,(H,22,23);1H. The van der Waals surface area contributed by atoms with Crippen LogP contribution in [0.1, 0.15) is 30.6 Å². The minimum absolute atomic E-state index is 0. The fourth-order valence-electron chi connectivity index (χ4n) is 3.34. The first-order chi connectivity index (χ1) is 13.7. The van der Waals surface area contributed by atoms with Gasteiger partial charge in [-0.2, -0.15) is 5.10 Å². The van der Waals surface area contributed by atoms with Crippen molar-refractivity contribution in [3.8, 4) is 5.75 Å². The van der Waals surface area contributed by atoms with Gasteiger partial charge in [0, 0.05) is 38.4 Å². The summed E-state index contributed by atoms with van der Waals surface area (Å²) in [7, 11) is 3.62. The molecule has 1 N–H and O–H groups in total. The van der Waals surface area contributed by atoms with Crippen LogP contribution in [0, 0.1) is 0 Å². The molecule has 0 amide bonds. The number of nitrogens with zero attached hydrogens (tertiary/aromatic N) is 4. The zero-order valence-electron chi connectivity index (χ0n) is 17.5. The molecule has 0 radical (unpaired) electrons. The minimum atomic E-state index is 0. The van der Waals surface area contributed by atoms with E-state index >= 15 is 0 Å². The molecule has 1 unspecified atom stereocenters. The Hall–Kier alpha value is -1.81. The Balaban J connectivity index is 0.00000300. The van der Waals surface area contributed by atoms with Crippen LogP contribution in [0.3, 0.4) is 0 Å². The zero-order chi connectivity index (χ0) is 19.8. The van der Waals surface area contributed by atoms with Crippen molar-refractivity contribution in [1.29, 1.82) is 0 Å². The maximum Gasteiger partial charge on any atom is 0.194 e. The van der Waals surface area contributed by atoms with Crippen LogP contribution in [-0.4, -0.2) is 60.5 Å². The summed E-state index contributed by atoms with van der Waals surface area (Å²) >= 11 is 0. The lowest BCUT2D eigenvalue weighted by molar-refractivity contribution is -0.00804. The van der Waals surface area contributed by atoms with Gasteiger partial charge >= 0.3 is 0 Å². The molecule has 29 heavy (non-hydrogen) atoms. The number of morpholine rings is 1. The first-order valence-corrected chi connectivity index (χ1v) is 9.96. The SMILES string of the molecule is CCNC(=NCCCc1ccc(OC)cc1)N1CCOC(c2cnn(C)c2)C1.I. The molecule has 0 bridgehead atoms. The van der Waals surface area contributed by atoms with E-state index in [1.165, 1.54) is 5.56 Å². The number of hydrogen-bond donors (Lipinski definition) is 1. The Morgan fingerprint density at radius 1 is 1.34 bits per heavy atom. The van der Waals surface area contributed by atoms with Crippen LogP contribution in [0.5, 0.6) is 5.75 Å². The molecule has 0 saturated carbocycles. The molecule has 160 valence electrons. The smallest absolute Gasteiger partial charge is 0.194 e. The van der Waals surface area contributed by atoms with Crippen molar-refractivity contribution in [2.24, 2.45) is 12.0 Å². The van der Waals surface area contributed by atoms with Crippen molar-refractivity contribution >= 4 is 29.9 Å². The molecule has 2 aromatic rings. The van der Waals surface area contributed by atoms with Crippen LogP contribution >= 0.6 is 24.0 Å². The number of nitrogens with one attached hydrogen (secondary N) is 1. The highest BCUT2D eigenvalue weighted by atomic mass is 127. The van der Waals surface area contributed by atoms with Gasteiger partial charge in [0.25, 0.3) is 0 Å². The molecule has 1 saturated heterocycles. The molecule has 1 aliphatic heterocycles. The second-order valence-corrected chi connectivity index (χ2v) is 6.94. The maximum absolute atomic E-state index is 5.95. The minimum Gasteiger partial charge on any atom is -0.497 e. The number of benzene rings is 1. The van der Waals surface area contributed by atoms with E-state index in [-0.39, 0.29) is 30.1 Å². The Morgan fingerprint density at radius 2 is 2.14 bits per heavy atom. The Morgan fingerprint density at radius 3 is 2.79 bits per heavy atom. The van der Waals surface area contributed by atoms with Gasteiger partial charge in [-0.1, -0.05) is 12.1 Å². The van der Waals surface area contributed by atoms with Gasteiger partial charge in [-0.3, -0.25) is 9.67 Å².